The molecule has 28 heavy (non-hydrogen) atoms. The van der Waals surface area contributed by atoms with Crippen molar-refractivity contribution in [2.75, 3.05) is 13.1 Å². The van der Waals surface area contributed by atoms with Crippen LogP contribution in [-0.2, 0) is 10.2 Å². The van der Waals surface area contributed by atoms with Crippen molar-refractivity contribution in [2.45, 2.75) is 25.2 Å². The van der Waals surface area contributed by atoms with E-state index in [1.165, 1.54) is 11.3 Å². The van der Waals surface area contributed by atoms with E-state index in [-0.39, 0.29) is 5.91 Å². The third-order valence-corrected chi connectivity index (χ3v) is 6.17. The summed E-state index contributed by atoms with van der Waals surface area (Å²) in [6.07, 6.45) is 0.763. The lowest BCUT2D eigenvalue weighted by molar-refractivity contribution is -0.145. The maximum atomic E-state index is 12.9. The highest BCUT2D eigenvalue weighted by Crippen LogP contribution is 2.36. The Balaban J connectivity index is 1.50. The van der Waals surface area contributed by atoms with Gasteiger partial charge >= 0.3 is 5.97 Å². The Morgan fingerprint density at radius 2 is 1.86 bits per heavy atom. The van der Waals surface area contributed by atoms with Gasteiger partial charge in [0.05, 0.1) is 5.41 Å². The summed E-state index contributed by atoms with van der Waals surface area (Å²) >= 11 is 1.36. The number of rotatable bonds is 4. The Hall–Kier alpha value is -2.93. The number of furan rings is 1. The first-order valence-corrected chi connectivity index (χ1v) is 9.98. The molecule has 144 valence electrons. The molecule has 1 N–H and O–H groups in total. The fraction of sp³-hybridized carbons (Fsp3) is 0.286. The zero-order valence-electron chi connectivity index (χ0n) is 15.4. The van der Waals surface area contributed by atoms with Crippen LogP contribution in [0.15, 0.2) is 52.3 Å². The quantitative estimate of drug-likeness (QED) is 0.721. The minimum atomic E-state index is -0.947. The number of likely N-dealkylation sites (tertiary alicyclic amines) is 1. The average Bonchev–Trinajstić information content (AvgIpc) is 3.37. The number of hydrogen-bond acceptors (Lipinski definition) is 5. The largest absolute Gasteiger partial charge is 0.481 e. The maximum absolute atomic E-state index is 12.9. The van der Waals surface area contributed by atoms with Crippen molar-refractivity contribution in [2.24, 2.45) is 0 Å². The third-order valence-electron chi connectivity index (χ3n) is 5.31. The van der Waals surface area contributed by atoms with Crippen LogP contribution in [0.5, 0.6) is 0 Å². The van der Waals surface area contributed by atoms with Crippen LogP contribution >= 0.6 is 11.3 Å². The van der Waals surface area contributed by atoms with Gasteiger partial charge < -0.3 is 14.4 Å². The molecule has 1 amide bonds. The molecule has 4 rings (SSSR count). The highest BCUT2D eigenvalue weighted by molar-refractivity contribution is 7.13. The monoisotopic (exact) mass is 396 g/mol. The molecular weight excluding hydrogens is 376 g/mol. The number of piperidine rings is 1. The van der Waals surface area contributed by atoms with Gasteiger partial charge in [0.15, 0.2) is 10.8 Å². The molecule has 0 aliphatic carbocycles. The molecule has 3 aromatic rings. The van der Waals surface area contributed by atoms with Gasteiger partial charge in [0.1, 0.15) is 11.5 Å². The van der Waals surface area contributed by atoms with E-state index in [4.69, 9.17) is 4.42 Å². The first kappa shape index (κ1) is 18.4. The van der Waals surface area contributed by atoms with E-state index < -0.39 is 11.4 Å². The number of aliphatic carboxylic acids is 1. The molecule has 1 aromatic carbocycles. The van der Waals surface area contributed by atoms with E-state index in [9.17, 15) is 14.7 Å². The number of hydrogen-bond donors (Lipinski definition) is 1. The Morgan fingerprint density at radius 3 is 2.46 bits per heavy atom. The number of carbonyl (C=O) groups is 2. The second-order valence-electron chi connectivity index (χ2n) is 6.99. The van der Waals surface area contributed by atoms with Gasteiger partial charge in [-0.05, 0) is 37.5 Å². The Kier molecular flexibility index (Phi) is 4.77. The zero-order chi connectivity index (χ0) is 19.7. The van der Waals surface area contributed by atoms with Gasteiger partial charge in [0.2, 0.25) is 0 Å². The highest BCUT2D eigenvalue weighted by Gasteiger charge is 2.44. The first-order valence-electron chi connectivity index (χ1n) is 9.10. The molecule has 0 bridgehead atoms. The van der Waals surface area contributed by atoms with Crippen LogP contribution in [0.25, 0.3) is 10.8 Å². The van der Waals surface area contributed by atoms with Crippen molar-refractivity contribution in [1.29, 1.82) is 0 Å². The number of benzene rings is 1. The number of thiazole rings is 1. The minimum absolute atomic E-state index is 0.169. The van der Waals surface area contributed by atoms with E-state index in [1.54, 1.807) is 10.3 Å². The smallest absolute Gasteiger partial charge is 0.314 e. The summed E-state index contributed by atoms with van der Waals surface area (Å²) < 4.78 is 5.57. The van der Waals surface area contributed by atoms with E-state index in [0.717, 1.165) is 11.3 Å². The third kappa shape index (κ3) is 3.22. The van der Waals surface area contributed by atoms with Gasteiger partial charge in [-0.25, -0.2) is 4.98 Å². The average molecular weight is 396 g/mol. The SMILES string of the molecule is Cc1ccc(-c2nc(C(=O)N3CCC(C(=O)O)(c4ccccc4)CC3)cs2)o1. The number of nitrogens with zero attached hydrogens (tertiary/aromatic N) is 2. The van der Waals surface area contributed by atoms with E-state index >= 15 is 0 Å². The van der Waals surface area contributed by atoms with Crippen molar-refractivity contribution in [3.63, 3.8) is 0 Å². The van der Waals surface area contributed by atoms with Crippen molar-refractivity contribution in [1.82, 2.24) is 9.88 Å². The standard InChI is InChI=1S/C21H20N2O4S/c1-14-7-8-17(27-14)18-22-16(13-28-18)19(24)23-11-9-21(10-12-23,20(25)26)15-5-3-2-4-6-15/h2-8,13H,9-12H2,1H3,(H,25,26). The predicted molar refractivity (Wildman–Crippen MR) is 105 cm³/mol. The van der Waals surface area contributed by atoms with Crippen LogP contribution in [-0.4, -0.2) is 40.0 Å². The van der Waals surface area contributed by atoms with Crippen molar-refractivity contribution < 1.29 is 19.1 Å². The van der Waals surface area contributed by atoms with E-state index in [1.807, 2.05) is 49.4 Å². The molecule has 1 saturated heterocycles. The van der Waals surface area contributed by atoms with Gasteiger partial charge in [-0.2, -0.15) is 0 Å². The van der Waals surface area contributed by atoms with E-state index in [2.05, 4.69) is 4.98 Å². The van der Waals surface area contributed by atoms with Crippen LogP contribution in [0.3, 0.4) is 0 Å². The molecule has 0 atom stereocenters. The Morgan fingerprint density at radius 1 is 1.14 bits per heavy atom. The van der Waals surface area contributed by atoms with Crippen molar-refractivity contribution >= 4 is 23.2 Å². The first-order chi connectivity index (χ1) is 13.5. The highest BCUT2D eigenvalue weighted by atomic mass is 32.1. The number of carbonyl (C=O) groups excluding carboxylic acids is 1. The van der Waals surface area contributed by atoms with E-state index in [0.29, 0.717) is 42.4 Å². The summed E-state index contributed by atoms with van der Waals surface area (Å²) in [5.74, 6) is 0.432. The summed E-state index contributed by atoms with van der Waals surface area (Å²) in [4.78, 5) is 31.0. The molecule has 7 heteroatoms. The predicted octanol–water partition coefficient (Wildman–Crippen LogP) is 3.97. The molecule has 0 spiro atoms. The molecule has 1 aliphatic rings. The van der Waals surface area contributed by atoms with Crippen molar-refractivity contribution in [3.8, 4) is 10.8 Å². The number of aryl methyl sites for hydroxylation is 1. The lowest BCUT2D eigenvalue weighted by Crippen LogP contribution is -2.49. The lowest BCUT2D eigenvalue weighted by atomic mass is 9.73. The van der Waals surface area contributed by atoms with Gasteiger partial charge in [-0.15, -0.1) is 11.3 Å². The summed E-state index contributed by atoms with van der Waals surface area (Å²) in [6.45, 7) is 2.62. The molecule has 1 fully saturated rings. The summed E-state index contributed by atoms with van der Waals surface area (Å²) in [7, 11) is 0. The van der Waals surface area contributed by atoms with Crippen LogP contribution < -0.4 is 0 Å². The van der Waals surface area contributed by atoms with Crippen LogP contribution in [0, 0.1) is 6.92 Å². The van der Waals surface area contributed by atoms with Gasteiger partial charge in [-0.1, -0.05) is 30.3 Å². The number of carboxylic acid groups (broad SMARTS) is 1. The second-order valence-corrected chi connectivity index (χ2v) is 7.85. The minimum Gasteiger partial charge on any atom is -0.481 e. The summed E-state index contributed by atoms with van der Waals surface area (Å²) in [5, 5.41) is 12.3. The van der Waals surface area contributed by atoms with Gasteiger partial charge in [-0.3, -0.25) is 9.59 Å². The molecule has 0 saturated carbocycles. The van der Waals surface area contributed by atoms with Crippen LogP contribution in [0.4, 0.5) is 0 Å². The number of aromatic nitrogens is 1. The molecule has 3 heterocycles. The zero-order valence-corrected chi connectivity index (χ0v) is 16.2. The molecule has 0 unspecified atom stereocenters. The second kappa shape index (κ2) is 7.24. The van der Waals surface area contributed by atoms with Crippen LogP contribution in [0.2, 0.25) is 0 Å². The van der Waals surface area contributed by atoms with Crippen LogP contribution in [0.1, 0.15) is 34.7 Å². The molecule has 2 aromatic heterocycles. The Labute approximate surface area is 166 Å². The summed E-state index contributed by atoms with van der Waals surface area (Å²) in [5.41, 5.74) is 0.215. The van der Waals surface area contributed by atoms with Gasteiger partial charge in [0, 0.05) is 18.5 Å². The van der Waals surface area contributed by atoms with Crippen molar-refractivity contribution in [3.05, 3.63) is 64.9 Å². The Bertz CT molecular complexity index is 1000. The fourth-order valence-electron chi connectivity index (χ4n) is 3.67. The molecular formula is C21H20N2O4S. The number of carboxylic acids is 1. The summed E-state index contributed by atoms with van der Waals surface area (Å²) in [6, 6.07) is 13.0. The lowest BCUT2D eigenvalue weighted by Gasteiger charge is -2.39. The van der Waals surface area contributed by atoms with Gasteiger partial charge in [0.25, 0.3) is 5.91 Å². The molecule has 6 nitrogen and oxygen atoms in total. The topological polar surface area (TPSA) is 83.6 Å². The maximum Gasteiger partial charge on any atom is 0.314 e. The normalized spacial score (nSPS) is 16.1. The molecule has 0 radical (unpaired) electrons. The fourth-order valence-corrected chi connectivity index (χ4v) is 4.43. The number of amides is 1. The molecule has 1 aliphatic heterocycles.